The van der Waals surface area contributed by atoms with Gasteiger partial charge in [-0.1, -0.05) is 36.4 Å². The number of para-hydroxylation sites is 2. The molecule has 0 aliphatic rings. The quantitative estimate of drug-likeness (QED) is 0.512. The molecule has 0 amide bonds. The Morgan fingerprint density at radius 2 is 1.57 bits per heavy atom. The summed E-state index contributed by atoms with van der Waals surface area (Å²) in [5.41, 5.74) is 9.21. The number of nitrogens with one attached hydrogen (secondary N) is 2. The molecular weight excluding hydrogens is 258 g/mol. The number of benzene rings is 2. The summed E-state index contributed by atoms with van der Waals surface area (Å²) in [5.74, 6) is 0. The summed E-state index contributed by atoms with van der Waals surface area (Å²) in [5, 5.41) is 2.57. The molecule has 0 atom stereocenters. The minimum atomic E-state index is 0.710. The summed E-state index contributed by atoms with van der Waals surface area (Å²) in [4.78, 5) is 6.34. The average molecular weight is 277 g/mol. The Kier molecular flexibility index (Phi) is 4.03. The summed E-state index contributed by atoms with van der Waals surface area (Å²) in [6.07, 6.45) is 4.94. The van der Waals surface area contributed by atoms with Crippen LogP contribution >= 0.6 is 0 Å². The van der Waals surface area contributed by atoms with Gasteiger partial charge in [0.15, 0.2) is 0 Å². The van der Waals surface area contributed by atoms with Crippen LogP contribution in [0.2, 0.25) is 0 Å². The lowest BCUT2D eigenvalue weighted by atomic mass is 10.1. The van der Waals surface area contributed by atoms with Crippen LogP contribution in [-0.4, -0.2) is 16.5 Å². The predicted molar refractivity (Wildman–Crippen MR) is 89.4 cm³/mol. The second-order valence-corrected chi connectivity index (χ2v) is 4.96. The first-order chi connectivity index (χ1) is 10.4. The van der Waals surface area contributed by atoms with Crippen molar-refractivity contribution < 1.29 is 0 Å². The maximum Gasteiger partial charge on any atom is 0.0456 e. The number of aromatic nitrogens is 2. The van der Waals surface area contributed by atoms with Crippen molar-refractivity contribution in [3.63, 3.8) is 0 Å². The van der Waals surface area contributed by atoms with E-state index in [1.165, 1.54) is 27.4 Å². The molecule has 2 aromatic heterocycles. The van der Waals surface area contributed by atoms with Crippen LogP contribution in [0.1, 0.15) is 5.56 Å². The van der Waals surface area contributed by atoms with Crippen molar-refractivity contribution in [1.82, 2.24) is 9.97 Å². The third-order valence-electron chi connectivity index (χ3n) is 3.55. The van der Waals surface area contributed by atoms with Gasteiger partial charge >= 0.3 is 0 Å². The molecule has 4 aromatic rings. The normalized spacial score (nSPS) is 10.5. The first-order valence-electron chi connectivity index (χ1n) is 7.15. The number of nitrogens with two attached hydrogens (primary N) is 1. The van der Waals surface area contributed by atoms with Gasteiger partial charge in [-0.3, -0.25) is 0 Å². The van der Waals surface area contributed by atoms with Crippen molar-refractivity contribution in [1.29, 1.82) is 0 Å². The van der Waals surface area contributed by atoms with Crippen LogP contribution in [0.25, 0.3) is 21.8 Å². The van der Waals surface area contributed by atoms with Gasteiger partial charge in [-0.25, -0.2) is 0 Å². The number of fused-ring (bicyclic) bond motifs is 2. The van der Waals surface area contributed by atoms with E-state index in [2.05, 4.69) is 46.4 Å². The molecule has 3 heteroatoms. The fourth-order valence-corrected chi connectivity index (χ4v) is 2.49. The van der Waals surface area contributed by atoms with E-state index in [9.17, 15) is 0 Å². The SMILES string of the molecule is NCCc1c[nH]c2ccccc12.c1ccc2[nH]ccc2c1. The Balaban J connectivity index is 0.000000131. The van der Waals surface area contributed by atoms with E-state index in [0.29, 0.717) is 6.54 Å². The molecule has 0 fully saturated rings. The van der Waals surface area contributed by atoms with Crippen LogP contribution < -0.4 is 5.73 Å². The van der Waals surface area contributed by atoms with Gasteiger partial charge in [-0.15, -0.1) is 0 Å². The van der Waals surface area contributed by atoms with Gasteiger partial charge in [0.2, 0.25) is 0 Å². The lowest BCUT2D eigenvalue weighted by molar-refractivity contribution is 0.976. The second-order valence-electron chi connectivity index (χ2n) is 4.96. The van der Waals surface area contributed by atoms with E-state index < -0.39 is 0 Å². The Labute approximate surface area is 123 Å². The molecule has 0 radical (unpaired) electrons. The molecule has 0 saturated carbocycles. The van der Waals surface area contributed by atoms with E-state index >= 15 is 0 Å². The van der Waals surface area contributed by atoms with Crippen molar-refractivity contribution in [3.8, 4) is 0 Å². The van der Waals surface area contributed by atoms with E-state index in [1.54, 1.807) is 0 Å². The number of hydrogen-bond donors (Lipinski definition) is 3. The molecule has 106 valence electrons. The second kappa shape index (κ2) is 6.29. The minimum Gasteiger partial charge on any atom is -0.361 e. The standard InChI is InChI=1S/C10H12N2.C8H7N/c11-6-5-8-7-12-10-4-2-1-3-9(8)10;1-2-4-8-7(3-1)5-6-9-8/h1-4,7,12H,5-6,11H2;1-6,9H. The maximum atomic E-state index is 5.50. The van der Waals surface area contributed by atoms with Gasteiger partial charge in [0.25, 0.3) is 0 Å². The Bertz CT molecular complexity index is 796. The molecule has 0 bridgehead atoms. The molecule has 0 saturated heterocycles. The maximum absolute atomic E-state index is 5.50. The Morgan fingerprint density at radius 1 is 0.810 bits per heavy atom. The van der Waals surface area contributed by atoms with E-state index in [1.807, 2.05) is 30.6 Å². The van der Waals surface area contributed by atoms with Crippen LogP contribution in [-0.2, 0) is 6.42 Å². The van der Waals surface area contributed by atoms with E-state index in [4.69, 9.17) is 5.73 Å². The molecule has 4 rings (SSSR count). The highest BCUT2D eigenvalue weighted by Crippen LogP contribution is 2.17. The van der Waals surface area contributed by atoms with Crippen molar-refractivity contribution >= 4 is 21.8 Å². The van der Waals surface area contributed by atoms with Crippen LogP contribution in [0.3, 0.4) is 0 Å². The van der Waals surface area contributed by atoms with Gasteiger partial charge in [0.1, 0.15) is 0 Å². The van der Waals surface area contributed by atoms with Crippen molar-refractivity contribution in [2.45, 2.75) is 6.42 Å². The van der Waals surface area contributed by atoms with Crippen LogP contribution in [0.15, 0.2) is 67.0 Å². The summed E-state index contributed by atoms with van der Waals surface area (Å²) in [6, 6.07) is 18.6. The zero-order valence-corrected chi connectivity index (χ0v) is 11.8. The van der Waals surface area contributed by atoms with Crippen LogP contribution in [0.4, 0.5) is 0 Å². The molecule has 3 nitrogen and oxygen atoms in total. The van der Waals surface area contributed by atoms with Crippen molar-refractivity contribution in [2.24, 2.45) is 5.73 Å². The lowest BCUT2D eigenvalue weighted by Gasteiger charge is -1.93. The number of hydrogen-bond acceptors (Lipinski definition) is 1. The summed E-state index contributed by atoms with van der Waals surface area (Å²) in [6.45, 7) is 0.710. The Hall–Kier alpha value is -2.52. The highest BCUT2D eigenvalue weighted by atomic mass is 14.7. The van der Waals surface area contributed by atoms with Gasteiger partial charge in [-0.05, 0) is 42.1 Å². The number of H-pyrrole nitrogens is 2. The molecule has 4 N–H and O–H groups in total. The fraction of sp³-hybridized carbons (Fsp3) is 0.111. The van der Waals surface area contributed by atoms with E-state index in [0.717, 1.165) is 6.42 Å². The first-order valence-corrected chi connectivity index (χ1v) is 7.15. The zero-order valence-electron chi connectivity index (χ0n) is 11.8. The summed E-state index contributed by atoms with van der Waals surface area (Å²) < 4.78 is 0. The van der Waals surface area contributed by atoms with Gasteiger partial charge in [0, 0.05) is 28.8 Å². The molecule has 0 spiro atoms. The third-order valence-corrected chi connectivity index (χ3v) is 3.55. The van der Waals surface area contributed by atoms with Crippen molar-refractivity contribution in [2.75, 3.05) is 6.54 Å². The van der Waals surface area contributed by atoms with Crippen LogP contribution in [0.5, 0.6) is 0 Å². The highest BCUT2D eigenvalue weighted by Gasteiger charge is 1.99. The average Bonchev–Trinajstić information content (AvgIpc) is 3.15. The number of rotatable bonds is 2. The summed E-state index contributed by atoms with van der Waals surface area (Å²) >= 11 is 0. The van der Waals surface area contributed by atoms with Gasteiger partial charge < -0.3 is 15.7 Å². The molecule has 21 heavy (non-hydrogen) atoms. The molecule has 2 aromatic carbocycles. The fourth-order valence-electron chi connectivity index (χ4n) is 2.49. The minimum absolute atomic E-state index is 0.710. The summed E-state index contributed by atoms with van der Waals surface area (Å²) in [7, 11) is 0. The molecule has 0 aliphatic carbocycles. The predicted octanol–water partition coefficient (Wildman–Crippen LogP) is 3.84. The Morgan fingerprint density at radius 3 is 2.38 bits per heavy atom. The van der Waals surface area contributed by atoms with Crippen molar-refractivity contribution in [3.05, 3.63) is 72.6 Å². The number of aromatic amines is 2. The van der Waals surface area contributed by atoms with E-state index in [-0.39, 0.29) is 0 Å². The molecule has 2 heterocycles. The monoisotopic (exact) mass is 277 g/mol. The molecular formula is C18H19N3. The highest BCUT2D eigenvalue weighted by molar-refractivity contribution is 5.83. The van der Waals surface area contributed by atoms with Gasteiger partial charge in [-0.2, -0.15) is 0 Å². The topological polar surface area (TPSA) is 57.6 Å². The third kappa shape index (κ3) is 2.98. The lowest BCUT2D eigenvalue weighted by Crippen LogP contribution is -2.01. The van der Waals surface area contributed by atoms with Gasteiger partial charge in [0.05, 0.1) is 0 Å². The first kappa shape index (κ1) is 13.5. The smallest absolute Gasteiger partial charge is 0.0456 e. The molecule has 0 unspecified atom stereocenters. The molecule has 0 aliphatic heterocycles. The largest absolute Gasteiger partial charge is 0.361 e. The zero-order chi connectivity index (χ0) is 14.5. The van der Waals surface area contributed by atoms with Crippen LogP contribution in [0, 0.1) is 0 Å².